The van der Waals surface area contributed by atoms with Gasteiger partial charge in [0.05, 0.1) is 6.07 Å². The van der Waals surface area contributed by atoms with Crippen LogP contribution in [0.15, 0.2) is 0 Å². The van der Waals surface area contributed by atoms with E-state index in [0.29, 0.717) is 5.41 Å². The minimum absolute atomic E-state index is 0.164. The molecule has 3 nitrogen and oxygen atoms in total. The predicted molar refractivity (Wildman–Crippen MR) is 78.8 cm³/mol. The fourth-order valence-electron chi connectivity index (χ4n) is 3.76. The van der Waals surface area contributed by atoms with E-state index < -0.39 is 0 Å². The fraction of sp³-hybridized carbons (Fsp3) is 0.938. The second kappa shape index (κ2) is 5.81. The second-order valence-corrected chi connectivity index (χ2v) is 7.00. The van der Waals surface area contributed by atoms with Crippen LogP contribution in [0.3, 0.4) is 0 Å². The summed E-state index contributed by atoms with van der Waals surface area (Å²) in [6.45, 7) is 11.2. The molecule has 1 heterocycles. The molecule has 1 aliphatic heterocycles. The van der Waals surface area contributed by atoms with Crippen molar-refractivity contribution in [3.63, 3.8) is 0 Å². The molecule has 108 valence electrons. The average Bonchev–Trinajstić information content (AvgIpc) is 2.48. The summed E-state index contributed by atoms with van der Waals surface area (Å²) < 4.78 is 0. The van der Waals surface area contributed by atoms with Crippen LogP contribution in [-0.4, -0.2) is 36.6 Å². The van der Waals surface area contributed by atoms with Crippen LogP contribution in [0.4, 0.5) is 0 Å². The van der Waals surface area contributed by atoms with Crippen molar-refractivity contribution in [1.29, 1.82) is 5.26 Å². The topological polar surface area (TPSA) is 39.1 Å². The van der Waals surface area contributed by atoms with Crippen LogP contribution in [0, 0.1) is 22.7 Å². The Kier molecular flexibility index (Phi) is 4.53. The van der Waals surface area contributed by atoms with Gasteiger partial charge >= 0.3 is 0 Å². The molecular weight excluding hydrogens is 234 g/mol. The van der Waals surface area contributed by atoms with E-state index in [9.17, 15) is 5.26 Å². The Labute approximate surface area is 118 Å². The zero-order valence-electron chi connectivity index (χ0n) is 12.8. The molecule has 19 heavy (non-hydrogen) atoms. The van der Waals surface area contributed by atoms with Gasteiger partial charge in [0, 0.05) is 26.2 Å². The third-order valence-electron chi connectivity index (χ3n) is 5.76. The van der Waals surface area contributed by atoms with E-state index >= 15 is 0 Å². The lowest BCUT2D eigenvalue weighted by Crippen LogP contribution is -2.57. The second-order valence-electron chi connectivity index (χ2n) is 7.00. The van der Waals surface area contributed by atoms with Crippen molar-refractivity contribution >= 4 is 0 Å². The zero-order valence-corrected chi connectivity index (χ0v) is 12.8. The number of nitrogens with zero attached hydrogens (tertiary/aromatic N) is 2. The van der Waals surface area contributed by atoms with E-state index in [2.05, 4.69) is 37.1 Å². The number of piperazine rings is 1. The number of nitrogens with one attached hydrogen (secondary N) is 1. The summed E-state index contributed by atoms with van der Waals surface area (Å²) >= 11 is 0. The summed E-state index contributed by atoms with van der Waals surface area (Å²) in [5.74, 6) is 0.793. The van der Waals surface area contributed by atoms with Crippen molar-refractivity contribution < 1.29 is 0 Å². The van der Waals surface area contributed by atoms with E-state index in [-0.39, 0.29) is 5.54 Å². The molecule has 0 spiro atoms. The van der Waals surface area contributed by atoms with Gasteiger partial charge in [-0.15, -0.1) is 0 Å². The molecule has 2 aliphatic rings. The monoisotopic (exact) mass is 263 g/mol. The van der Waals surface area contributed by atoms with Crippen LogP contribution in [-0.2, 0) is 0 Å². The van der Waals surface area contributed by atoms with Gasteiger partial charge in [-0.2, -0.15) is 5.26 Å². The van der Waals surface area contributed by atoms with Crippen molar-refractivity contribution in [3.05, 3.63) is 0 Å². The Morgan fingerprint density at radius 1 is 1.26 bits per heavy atom. The Hall–Kier alpha value is -0.590. The summed E-state index contributed by atoms with van der Waals surface area (Å²) in [7, 11) is 0. The summed E-state index contributed by atoms with van der Waals surface area (Å²) in [6.07, 6.45) is 5.82. The van der Waals surface area contributed by atoms with Gasteiger partial charge in [0.2, 0.25) is 0 Å². The van der Waals surface area contributed by atoms with Crippen molar-refractivity contribution in [2.45, 2.75) is 58.4 Å². The molecule has 1 N–H and O–H groups in total. The van der Waals surface area contributed by atoms with E-state index in [1.807, 2.05) is 0 Å². The lowest BCUT2D eigenvalue weighted by molar-refractivity contribution is 0.0392. The highest BCUT2D eigenvalue weighted by Gasteiger charge is 2.43. The largest absolute Gasteiger partial charge is 0.314 e. The smallest absolute Gasteiger partial charge is 0.109 e. The Bertz CT molecular complexity index is 328. The van der Waals surface area contributed by atoms with Gasteiger partial charge in [-0.05, 0) is 37.0 Å². The molecule has 0 atom stereocenters. The molecule has 1 saturated carbocycles. The summed E-state index contributed by atoms with van der Waals surface area (Å²) in [5.41, 5.74) is 0.271. The Balaban J connectivity index is 2.01. The maximum Gasteiger partial charge on any atom is 0.109 e. The first-order valence-electron chi connectivity index (χ1n) is 7.91. The highest BCUT2D eigenvalue weighted by molar-refractivity contribution is 5.11. The van der Waals surface area contributed by atoms with E-state index in [4.69, 9.17) is 0 Å². The quantitative estimate of drug-likeness (QED) is 0.851. The molecule has 0 radical (unpaired) electrons. The molecule has 0 aromatic heterocycles. The molecule has 1 saturated heterocycles. The third kappa shape index (κ3) is 2.95. The Morgan fingerprint density at radius 2 is 1.84 bits per heavy atom. The standard InChI is InChI=1S/C16H29N3/c1-4-15(2,3)14-5-7-16(13-17,8-6-14)19-11-9-18-10-12-19/h14,18H,4-12H2,1-3H3. The molecule has 0 aromatic carbocycles. The minimum atomic E-state index is -0.164. The molecule has 0 amide bonds. The lowest BCUT2D eigenvalue weighted by atomic mass is 9.65. The fourth-order valence-corrected chi connectivity index (χ4v) is 3.76. The van der Waals surface area contributed by atoms with Gasteiger partial charge < -0.3 is 5.32 Å². The van der Waals surface area contributed by atoms with Crippen LogP contribution < -0.4 is 5.32 Å². The molecule has 1 aliphatic carbocycles. The molecule has 0 aromatic rings. The molecule has 2 rings (SSSR count). The number of rotatable bonds is 3. The normalized spacial score (nSPS) is 33.9. The van der Waals surface area contributed by atoms with Crippen molar-refractivity contribution in [2.75, 3.05) is 26.2 Å². The molecule has 3 heteroatoms. The third-order valence-corrected chi connectivity index (χ3v) is 5.76. The lowest BCUT2D eigenvalue weighted by Gasteiger charge is -2.47. The maximum absolute atomic E-state index is 9.73. The number of nitriles is 1. The molecule has 2 fully saturated rings. The average molecular weight is 263 g/mol. The number of hydrogen-bond acceptors (Lipinski definition) is 3. The Morgan fingerprint density at radius 3 is 2.32 bits per heavy atom. The first-order chi connectivity index (χ1) is 9.04. The van der Waals surface area contributed by atoms with Crippen LogP contribution in [0.5, 0.6) is 0 Å². The summed E-state index contributed by atoms with van der Waals surface area (Å²) in [4.78, 5) is 2.44. The van der Waals surface area contributed by atoms with Crippen LogP contribution in [0.25, 0.3) is 0 Å². The van der Waals surface area contributed by atoms with Gasteiger partial charge in [0.25, 0.3) is 0 Å². The first kappa shape index (κ1) is 14.8. The van der Waals surface area contributed by atoms with Crippen LogP contribution in [0.1, 0.15) is 52.9 Å². The van der Waals surface area contributed by atoms with Gasteiger partial charge in [-0.1, -0.05) is 27.2 Å². The first-order valence-corrected chi connectivity index (χ1v) is 7.91. The summed E-state index contributed by atoms with van der Waals surface area (Å²) in [5, 5.41) is 13.1. The highest BCUT2D eigenvalue weighted by atomic mass is 15.2. The van der Waals surface area contributed by atoms with Crippen molar-refractivity contribution in [2.24, 2.45) is 11.3 Å². The molecular formula is C16H29N3. The zero-order chi connectivity index (χ0) is 13.9. The van der Waals surface area contributed by atoms with Crippen LogP contribution >= 0.6 is 0 Å². The van der Waals surface area contributed by atoms with Crippen molar-refractivity contribution in [1.82, 2.24) is 10.2 Å². The summed E-state index contributed by atoms with van der Waals surface area (Å²) in [6, 6.07) is 2.68. The van der Waals surface area contributed by atoms with Gasteiger partial charge in [0.1, 0.15) is 5.54 Å². The van der Waals surface area contributed by atoms with Crippen LogP contribution in [0.2, 0.25) is 0 Å². The van der Waals surface area contributed by atoms with E-state index in [1.165, 1.54) is 19.3 Å². The maximum atomic E-state index is 9.73. The highest BCUT2D eigenvalue weighted by Crippen LogP contribution is 2.45. The van der Waals surface area contributed by atoms with Gasteiger partial charge in [-0.25, -0.2) is 0 Å². The molecule has 0 unspecified atom stereocenters. The van der Waals surface area contributed by atoms with E-state index in [1.54, 1.807) is 0 Å². The van der Waals surface area contributed by atoms with Gasteiger partial charge in [-0.3, -0.25) is 4.90 Å². The van der Waals surface area contributed by atoms with Gasteiger partial charge in [0.15, 0.2) is 0 Å². The SMILES string of the molecule is CCC(C)(C)C1CCC(C#N)(N2CCNCC2)CC1. The predicted octanol–water partition coefficient (Wildman–Crippen LogP) is 2.78. The van der Waals surface area contributed by atoms with E-state index in [0.717, 1.165) is 44.9 Å². The van der Waals surface area contributed by atoms with Crippen molar-refractivity contribution in [3.8, 4) is 6.07 Å². The minimum Gasteiger partial charge on any atom is -0.314 e. The molecule has 0 bridgehead atoms. The number of hydrogen-bond donors (Lipinski definition) is 1.